The zero-order valence-electron chi connectivity index (χ0n) is 38.1. The molecular formula is C56H63BN2. The highest BCUT2D eigenvalue weighted by atomic mass is 15.2. The minimum Gasteiger partial charge on any atom is -0.311 e. The maximum atomic E-state index is 2.66. The van der Waals surface area contributed by atoms with E-state index in [0.717, 1.165) is 6.42 Å². The Bertz CT molecular complexity index is 2640. The fourth-order valence-electron chi connectivity index (χ4n) is 10.8. The first-order valence-corrected chi connectivity index (χ1v) is 21.9. The van der Waals surface area contributed by atoms with Crippen molar-refractivity contribution in [3.8, 4) is 11.1 Å². The Balaban J connectivity index is 1.42. The smallest absolute Gasteiger partial charge is 0.252 e. The number of nitrogens with zero attached hydrogens (tertiary/aromatic N) is 2. The molecule has 3 aliphatic rings. The van der Waals surface area contributed by atoms with E-state index in [0.29, 0.717) is 0 Å². The number of aryl methyl sites for hydroxylation is 1. The number of rotatable bonds is 3. The quantitative estimate of drug-likeness (QED) is 0.165. The molecule has 0 saturated carbocycles. The first kappa shape index (κ1) is 39.4. The minimum absolute atomic E-state index is 0.00251. The molecule has 1 aliphatic carbocycles. The maximum absolute atomic E-state index is 2.66. The second-order valence-electron chi connectivity index (χ2n) is 22.4. The Morgan fingerprint density at radius 3 is 1.58 bits per heavy atom. The summed E-state index contributed by atoms with van der Waals surface area (Å²) in [5.41, 5.74) is 22.7. The van der Waals surface area contributed by atoms with Crippen molar-refractivity contribution in [3.05, 3.63) is 149 Å². The van der Waals surface area contributed by atoms with Gasteiger partial charge in [0.05, 0.1) is 5.69 Å². The van der Waals surface area contributed by atoms with Gasteiger partial charge in [-0.1, -0.05) is 157 Å². The van der Waals surface area contributed by atoms with Crippen molar-refractivity contribution in [2.75, 3.05) is 9.80 Å². The van der Waals surface area contributed by atoms with Crippen LogP contribution < -0.4 is 26.2 Å². The third-order valence-corrected chi connectivity index (χ3v) is 13.7. The van der Waals surface area contributed by atoms with Gasteiger partial charge in [0.15, 0.2) is 0 Å². The zero-order valence-corrected chi connectivity index (χ0v) is 38.1. The van der Waals surface area contributed by atoms with Crippen molar-refractivity contribution >= 4 is 57.2 Å². The third-order valence-electron chi connectivity index (χ3n) is 13.7. The highest BCUT2D eigenvalue weighted by Gasteiger charge is 2.48. The van der Waals surface area contributed by atoms with E-state index in [2.05, 4.69) is 222 Å². The zero-order chi connectivity index (χ0) is 42.2. The van der Waals surface area contributed by atoms with Crippen molar-refractivity contribution in [3.63, 3.8) is 0 Å². The van der Waals surface area contributed by atoms with Crippen LogP contribution in [0.25, 0.3) is 11.1 Å². The fraction of sp³-hybridized carbons (Fsp3) is 0.357. The lowest BCUT2D eigenvalue weighted by Gasteiger charge is -2.45. The van der Waals surface area contributed by atoms with Crippen LogP contribution in [-0.2, 0) is 27.1 Å². The second-order valence-corrected chi connectivity index (χ2v) is 22.4. The highest BCUT2D eigenvalue weighted by Crippen LogP contribution is 2.53. The van der Waals surface area contributed by atoms with Crippen LogP contribution in [-0.4, -0.2) is 6.71 Å². The van der Waals surface area contributed by atoms with Crippen LogP contribution in [0.1, 0.15) is 130 Å². The molecular weight excluding hydrogens is 711 g/mol. The SMILES string of the molecule is Cc1cc2c3c(c1)N(c1ccc(C(C)(C)C)cc1-c1ccccc1)c1cc4c(cc1B3c1cc(C(C)(C)C)ccc1N2c1ccc(C(C)(C)C)cc1)C(C)(C)CC4(C)C. The average molecular weight is 775 g/mol. The molecule has 6 aromatic rings. The standard InChI is InChI=1S/C56H63BN2/c1-35-28-49-51-50(29-35)59(46-26-22-38(53(5,6)7)30-41(46)36-18-16-15-17-19-36)48-33-43-42(55(11,12)34-56(43,13)14)32-45(48)57(51)44-31-39(54(8,9)10)23-27-47(44)58(49)40-24-20-37(21-25-40)52(2,3)4/h15-33H,34H2,1-14H3. The Morgan fingerprint density at radius 1 is 0.475 bits per heavy atom. The summed E-state index contributed by atoms with van der Waals surface area (Å²) in [7, 11) is 0. The van der Waals surface area contributed by atoms with E-state index >= 15 is 0 Å². The number of benzene rings is 6. The summed E-state index contributed by atoms with van der Waals surface area (Å²) in [5, 5.41) is 0. The topological polar surface area (TPSA) is 6.48 Å². The summed E-state index contributed by atoms with van der Waals surface area (Å²) in [6.45, 7) is 33.1. The van der Waals surface area contributed by atoms with Crippen LogP contribution in [0.2, 0.25) is 0 Å². The number of anilines is 6. The minimum atomic E-state index is -0.00251. The van der Waals surface area contributed by atoms with Crippen LogP contribution >= 0.6 is 0 Å². The van der Waals surface area contributed by atoms with Crippen LogP contribution in [0.4, 0.5) is 34.1 Å². The molecule has 0 atom stereocenters. The summed E-state index contributed by atoms with van der Waals surface area (Å²) in [6, 6.07) is 45.2. The highest BCUT2D eigenvalue weighted by molar-refractivity contribution is 7.00. The summed E-state index contributed by atoms with van der Waals surface area (Å²) in [4.78, 5) is 5.23. The molecule has 0 radical (unpaired) electrons. The fourth-order valence-corrected chi connectivity index (χ4v) is 10.8. The van der Waals surface area contributed by atoms with E-state index in [1.54, 1.807) is 0 Å². The van der Waals surface area contributed by atoms with Crippen molar-refractivity contribution in [1.82, 2.24) is 0 Å². The van der Waals surface area contributed by atoms with Crippen molar-refractivity contribution in [2.45, 2.75) is 130 Å². The number of hydrogen-bond acceptors (Lipinski definition) is 2. The lowest BCUT2D eigenvalue weighted by atomic mass is 9.33. The number of fused-ring (bicyclic) bond motifs is 5. The van der Waals surface area contributed by atoms with E-state index in [9.17, 15) is 0 Å². The monoisotopic (exact) mass is 775 g/mol. The molecule has 0 bridgehead atoms. The van der Waals surface area contributed by atoms with Gasteiger partial charge in [0.1, 0.15) is 0 Å². The van der Waals surface area contributed by atoms with Gasteiger partial charge in [-0.2, -0.15) is 0 Å². The van der Waals surface area contributed by atoms with Gasteiger partial charge in [0.25, 0.3) is 6.71 Å². The predicted octanol–water partition coefficient (Wildman–Crippen LogP) is 13.6. The van der Waals surface area contributed by atoms with Crippen LogP contribution in [0, 0.1) is 6.92 Å². The lowest BCUT2D eigenvalue weighted by molar-refractivity contribution is 0.403. The molecule has 300 valence electrons. The Morgan fingerprint density at radius 2 is 0.983 bits per heavy atom. The van der Waals surface area contributed by atoms with Crippen molar-refractivity contribution in [1.29, 1.82) is 0 Å². The molecule has 0 saturated heterocycles. The molecule has 2 nitrogen and oxygen atoms in total. The summed E-state index contributed by atoms with van der Waals surface area (Å²) in [5.74, 6) is 0. The van der Waals surface area contributed by atoms with Crippen LogP contribution in [0.5, 0.6) is 0 Å². The number of hydrogen-bond donors (Lipinski definition) is 0. The van der Waals surface area contributed by atoms with Gasteiger partial charge < -0.3 is 9.80 Å². The van der Waals surface area contributed by atoms with Gasteiger partial charge >= 0.3 is 0 Å². The molecule has 0 spiro atoms. The second kappa shape index (κ2) is 13.0. The largest absolute Gasteiger partial charge is 0.311 e. The van der Waals surface area contributed by atoms with Gasteiger partial charge in [-0.3, -0.25) is 0 Å². The van der Waals surface area contributed by atoms with Gasteiger partial charge in [0, 0.05) is 34.0 Å². The van der Waals surface area contributed by atoms with Crippen LogP contribution in [0.3, 0.4) is 0 Å². The Labute approximate surface area is 355 Å². The van der Waals surface area contributed by atoms with Gasteiger partial charge in [-0.05, 0) is 144 Å². The molecule has 2 aliphatic heterocycles. The molecule has 59 heavy (non-hydrogen) atoms. The average Bonchev–Trinajstić information content (AvgIpc) is 3.34. The summed E-state index contributed by atoms with van der Waals surface area (Å²) < 4.78 is 0. The molecule has 0 fully saturated rings. The van der Waals surface area contributed by atoms with E-state index in [1.165, 1.54) is 95.0 Å². The molecule has 9 rings (SSSR count). The maximum Gasteiger partial charge on any atom is 0.252 e. The molecule has 6 aromatic carbocycles. The molecule has 2 heterocycles. The predicted molar refractivity (Wildman–Crippen MR) is 257 cm³/mol. The molecule has 0 N–H and O–H groups in total. The van der Waals surface area contributed by atoms with E-state index in [-0.39, 0.29) is 33.8 Å². The van der Waals surface area contributed by atoms with E-state index < -0.39 is 0 Å². The van der Waals surface area contributed by atoms with Crippen molar-refractivity contribution < 1.29 is 0 Å². The first-order chi connectivity index (χ1) is 27.5. The van der Waals surface area contributed by atoms with Gasteiger partial charge in [-0.15, -0.1) is 0 Å². The van der Waals surface area contributed by atoms with Crippen molar-refractivity contribution in [2.24, 2.45) is 0 Å². The first-order valence-electron chi connectivity index (χ1n) is 21.9. The lowest BCUT2D eigenvalue weighted by Crippen LogP contribution is -2.61. The molecule has 0 unspecified atom stereocenters. The Hall–Kier alpha value is -5.02. The Kier molecular flexibility index (Phi) is 8.69. The van der Waals surface area contributed by atoms with Gasteiger partial charge in [-0.25, -0.2) is 0 Å². The summed E-state index contributed by atoms with van der Waals surface area (Å²) in [6.07, 6.45) is 1.12. The van der Waals surface area contributed by atoms with Gasteiger partial charge in [0.2, 0.25) is 0 Å². The molecule has 0 amide bonds. The third kappa shape index (κ3) is 6.38. The van der Waals surface area contributed by atoms with E-state index in [4.69, 9.17) is 0 Å². The normalized spacial score (nSPS) is 16.4. The van der Waals surface area contributed by atoms with E-state index in [1.807, 2.05) is 0 Å². The van der Waals surface area contributed by atoms with Crippen LogP contribution in [0.15, 0.2) is 115 Å². The summed E-state index contributed by atoms with van der Waals surface area (Å²) >= 11 is 0. The molecule has 3 heteroatoms. The molecule has 0 aromatic heterocycles.